The third kappa shape index (κ3) is 2.86. The zero-order valence-electron chi connectivity index (χ0n) is 12.8. The first-order chi connectivity index (χ1) is 10.6. The van der Waals surface area contributed by atoms with E-state index >= 15 is 0 Å². The number of aromatic nitrogens is 2. The molecule has 0 unspecified atom stereocenters. The fourth-order valence-electron chi connectivity index (χ4n) is 2.73. The molecule has 0 aliphatic carbocycles. The van der Waals surface area contributed by atoms with Crippen molar-refractivity contribution in [2.24, 2.45) is 0 Å². The van der Waals surface area contributed by atoms with Crippen LogP contribution in [0.2, 0.25) is 0 Å². The molecule has 4 nitrogen and oxygen atoms in total. The van der Waals surface area contributed by atoms with Gasteiger partial charge in [-0.1, -0.05) is 42.5 Å². The number of benzene rings is 2. The molecule has 0 bridgehead atoms. The van der Waals surface area contributed by atoms with Crippen LogP contribution in [0.5, 0.6) is 0 Å². The minimum Gasteiger partial charge on any atom is -0.347 e. The van der Waals surface area contributed by atoms with E-state index in [9.17, 15) is 4.79 Å². The number of rotatable bonds is 4. The average Bonchev–Trinajstić information content (AvgIpc) is 2.87. The van der Waals surface area contributed by atoms with Gasteiger partial charge < -0.3 is 9.88 Å². The van der Waals surface area contributed by atoms with Crippen LogP contribution < -0.4 is 5.32 Å². The molecular weight excluding hydrogens is 274 g/mol. The van der Waals surface area contributed by atoms with Crippen molar-refractivity contribution in [2.45, 2.75) is 26.4 Å². The van der Waals surface area contributed by atoms with Gasteiger partial charge in [-0.05, 0) is 24.6 Å². The van der Waals surface area contributed by atoms with Gasteiger partial charge in [0, 0.05) is 13.5 Å². The second-order valence-electron chi connectivity index (χ2n) is 5.45. The lowest BCUT2D eigenvalue weighted by Crippen LogP contribution is -2.26. The number of nitrogens with one attached hydrogen (secondary N) is 1. The van der Waals surface area contributed by atoms with Crippen molar-refractivity contribution in [3.8, 4) is 0 Å². The van der Waals surface area contributed by atoms with Gasteiger partial charge in [0.05, 0.1) is 17.1 Å². The molecule has 112 valence electrons. The summed E-state index contributed by atoms with van der Waals surface area (Å²) in [4.78, 5) is 16.1. The maximum absolute atomic E-state index is 11.4. The topological polar surface area (TPSA) is 46.9 Å². The van der Waals surface area contributed by atoms with Gasteiger partial charge in [0.1, 0.15) is 5.82 Å². The Bertz CT molecular complexity index is 792. The van der Waals surface area contributed by atoms with Crippen LogP contribution in [0.25, 0.3) is 11.0 Å². The smallest absolute Gasteiger partial charge is 0.217 e. The molecule has 0 aliphatic rings. The molecule has 0 radical (unpaired) electrons. The predicted octanol–water partition coefficient (Wildman–Crippen LogP) is 3.28. The van der Waals surface area contributed by atoms with Gasteiger partial charge >= 0.3 is 0 Å². The van der Waals surface area contributed by atoms with Gasteiger partial charge in [0.25, 0.3) is 0 Å². The first kappa shape index (κ1) is 14.3. The van der Waals surface area contributed by atoms with Gasteiger partial charge in [0.2, 0.25) is 5.91 Å². The summed E-state index contributed by atoms with van der Waals surface area (Å²) in [6.07, 6.45) is 0. The van der Waals surface area contributed by atoms with Crippen molar-refractivity contribution in [2.75, 3.05) is 0 Å². The second-order valence-corrected chi connectivity index (χ2v) is 5.45. The lowest BCUT2D eigenvalue weighted by Gasteiger charge is -2.15. The van der Waals surface area contributed by atoms with Crippen molar-refractivity contribution in [1.82, 2.24) is 14.9 Å². The average molecular weight is 293 g/mol. The lowest BCUT2D eigenvalue weighted by molar-refractivity contribution is -0.119. The fraction of sp³-hybridized carbons (Fsp3) is 0.222. The van der Waals surface area contributed by atoms with E-state index in [1.54, 1.807) is 0 Å². The maximum Gasteiger partial charge on any atom is 0.217 e. The summed E-state index contributed by atoms with van der Waals surface area (Å²) in [5.41, 5.74) is 3.24. The molecule has 1 N–H and O–H groups in total. The quantitative estimate of drug-likeness (QED) is 0.802. The lowest BCUT2D eigenvalue weighted by atomic mass is 10.2. The number of nitrogens with zero attached hydrogens (tertiary/aromatic N) is 2. The largest absolute Gasteiger partial charge is 0.347 e. The van der Waals surface area contributed by atoms with Gasteiger partial charge in [0.15, 0.2) is 0 Å². The fourth-order valence-corrected chi connectivity index (χ4v) is 2.73. The predicted molar refractivity (Wildman–Crippen MR) is 87.5 cm³/mol. The summed E-state index contributed by atoms with van der Waals surface area (Å²) in [6.45, 7) is 4.23. The Kier molecular flexibility index (Phi) is 3.92. The minimum atomic E-state index is -0.131. The van der Waals surface area contributed by atoms with Crippen LogP contribution in [0.3, 0.4) is 0 Å². The van der Waals surface area contributed by atoms with Crippen LogP contribution in [0.1, 0.15) is 31.3 Å². The van der Waals surface area contributed by atoms with E-state index in [2.05, 4.69) is 28.1 Å². The molecule has 3 aromatic rings. The number of fused-ring (bicyclic) bond motifs is 1. The van der Waals surface area contributed by atoms with Crippen LogP contribution >= 0.6 is 0 Å². The molecule has 4 heteroatoms. The molecule has 0 aliphatic heterocycles. The summed E-state index contributed by atoms with van der Waals surface area (Å²) < 4.78 is 2.17. The van der Waals surface area contributed by atoms with Crippen molar-refractivity contribution < 1.29 is 4.79 Å². The molecule has 0 saturated carbocycles. The SMILES string of the molecule is CC(=O)N[C@@H](C)c1nc2ccccc2n1Cc1ccccc1. The first-order valence-electron chi connectivity index (χ1n) is 7.41. The Hall–Kier alpha value is -2.62. The summed E-state index contributed by atoms with van der Waals surface area (Å²) in [6, 6.07) is 18.2. The van der Waals surface area contributed by atoms with Gasteiger partial charge in [-0.25, -0.2) is 4.98 Å². The van der Waals surface area contributed by atoms with Crippen LogP contribution in [-0.4, -0.2) is 15.5 Å². The van der Waals surface area contributed by atoms with E-state index in [-0.39, 0.29) is 11.9 Å². The van der Waals surface area contributed by atoms with Crippen molar-refractivity contribution >= 4 is 16.9 Å². The highest BCUT2D eigenvalue weighted by atomic mass is 16.1. The molecule has 3 rings (SSSR count). The molecule has 22 heavy (non-hydrogen) atoms. The minimum absolute atomic E-state index is 0.0502. The zero-order chi connectivity index (χ0) is 15.5. The molecular formula is C18H19N3O. The summed E-state index contributed by atoms with van der Waals surface area (Å²) >= 11 is 0. The molecule has 0 saturated heterocycles. The Balaban J connectivity index is 2.06. The van der Waals surface area contributed by atoms with Crippen molar-refractivity contribution in [3.05, 3.63) is 66.0 Å². The number of para-hydroxylation sites is 2. The monoisotopic (exact) mass is 293 g/mol. The molecule has 1 heterocycles. The second kappa shape index (κ2) is 6.02. The maximum atomic E-state index is 11.4. The van der Waals surface area contributed by atoms with E-state index in [1.165, 1.54) is 12.5 Å². The molecule has 1 aromatic heterocycles. The van der Waals surface area contributed by atoms with Gasteiger partial charge in [-0.3, -0.25) is 4.79 Å². The number of hydrogen-bond acceptors (Lipinski definition) is 2. The van der Waals surface area contributed by atoms with E-state index in [0.717, 1.165) is 23.4 Å². The number of imidazole rings is 1. The summed E-state index contributed by atoms with van der Waals surface area (Å²) in [5, 5.41) is 2.92. The van der Waals surface area contributed by atoms with Gasteiger partial charge in [-0.15, -0.1) is 0 Å². The summed E-state index contributed by atoms with van der Waals surface area (Å²) in [5.74, 6) is 0.825. The third-order valence-electron chi connectivity index (χ3n) is 3.67. The highest BCUT2D eigenvalue weighted by Gasteiger charge is 2.17. The van der Waals surface area contributed by atoms with E-state index in [1.807, 2.05) is 43.3 Å². The van der Waals surface area contributed by atoms with E-state index in [0.29, 0.717) is 0 Å². The van der Waals surface area contributed by atoms with Crippen molar-refractivity contribution in [3.63, 3.8) is 0 Å². The van der Waals surface area contributed by atoms with Crippen molar-refractivity contribution in [1.29, 1.82) is 0 Å². The number of carbonyl (C=O) groups is 1. The van der Waals surface area contributed by atoms with Crippen LogP contribution in [0.15, 0.2) is 54.6 Å². The Labute approximate surface area is 129 Å². The van der Waals surface area contributed by atoms with E-state index < -0.39 is 0 Å². The van der Waals surface area contributed by atoms with Crippen LogP contribution in [0.4, 0.5) is 0 Å². The number of amides is 1. The molecule has 1 amide bonds. The summed E-state index contributed by atoms with van der Waals surface area (Å²) in [7, 11) is 0. The van der Waals surface area contributed by atoms with Gasteiger partial charge in [-0.2, -0.15) is 0 Å². The molecule has 2 aromatic carbocycles. The molecule has 0 fully saturated rings. The number of hydrogen-bond donors (Lipinski definition) is 1. The zero-order valence-corrected chi connectivity index (χ0v) is 12.8. The van der Waals surface area contributed by atoms with Crippen LogP contribution in [0, 0.1) is 0 Å². The highest BCUT2D eigenvalue weighted by molar-refractivity contribution is 5.77. The number of carbonyl (C=O) groups excluding carboxylic acids is 1. The Morgan fingerprint density at radius 1 is 1.14 bits per heavy atom. The van der Waals surface area contributed by atoms with Crippen LogP contribution in [-0.2, 0) is 11.3 Å². The Morgan fingerprint density at radius 3 is 2.55 bits per heavy atom. The third-order valence-corrected chi connectivity index (χ3v) is 3.67. The Morgan fingerprint density at radius 2 is 1.82 bits per heavy atom. The van der Waals surface area contributed by atoms with E-state index in [4.69, 9.17) is 4.98 Å². The highest BCUT2D eigenvalue weighted by Crippen LogP contribution is 2.22. The molecule has 0 spiro atoms. The normalized spacial score (nSPS) is 12.3. The molecule has 1 atom stereocenters. The first-order valence-corrected chi connectivity index (χ1v) is 7.41. The standard InChI is InChI=1S/C18H19N3O/c1-13(19-14(2)22)18-20-16-10-6-7-11-17(16)21(18)12-15-8-4-3-5-9-15/h3-11,13H,12H2,1-2H3,(H,19,22)/t13-/m0/s1.